The molecule has 1 atom stereocenters. The zero-order valence-corrected chi connectivity index (χ0v) is 15.3. The predicted molar refractivity (Wildman–Crippen MR) is 100 cm³/mol. The van der Waals surface area contributed by atoms with Crippen LogP contribution in [0.5, 0.6) is 0 Å². The molecule has 0 N–H and O–H groups in total. The number of aryl methyl sites for hydroxylation is 1. The largest absolute Gasteiger partial charge is 0.464 e. The molecule has 0 saturated heterocycles. The first kappa shape index (κ1) is 17.4. The monoisotopic (exact) mass is 356 g/mol. The maximum atomic E-state index is 13.1. The summed E-state index contributed by atoms with van der Waals surface area (Å²) in [7, 11) is 0. The van der Waals surface area contributed by atoms with E-state index in [4.69, 9.17) is 4.74 Å². The number of fused-ring (bicyclic) bond motifs is 1. The summed E-state index contributed by atoms with van der Waals surface area (Å²) in [4.78, 5) is 31.3. The molecule has 2 heterocycles. The molecule has 0 amide bonds. The number of esters is 1. The minimum absolute atomic E-state index is 0.214. The fourth-order valence-electron chi connectivity index (χ4n) is 2.78. The van der Waals surface area contributed by atoms with Gasteiger partial charge in [-0.3, -0.25) is 9.36 Å². The van der Waals surface area contributed by atoms with Gasteiger partial charge in [0, 0.05) is 10.4 Å². The summed E-state index contributed by atoms with van der Waals surface area (Å²) in [5.41, 5.74) is 1.65. The van der Waals surface area contributed by atoms with E-state index in [2.05, 4.69) is 4.98 Å². The zero-order valence-electron chi connectivity index (χ0n) is 14.5. The van der Waals surface area contributed by atoms with Crippen molar-refractivity contribution in [1.82, 2.24) is 9.55 Å². The Morgan fingerprint density at radius 2 is 2.04 bits per heavy atom. The second-order valence-corrected chi connectivity index (χ2v) is 7.08. The number of benzene rings is 1. The van der Waals surface area contributed by atoms with E-state index in [1.165, 1.54) is 22.2 Å². The van der Waals surface area contributed by atoms with Crippen LogP contribution in [-0.4, -0.2) is 22.1 Å². The van der Waals surface area contributed by atoms with Crippen molar-refractivity contribution in [2.45, 2.75) is 33.2 Å². The molecule has 0 spiro atoms. The summed E-state index contributed by atoms with van der Waals surface area (Å²) in [5.74, 6) is -0.418. The molecule has 5 nitrogen and oxygen atoms in total. The van der Waals surface area contributed by atoms with Crippen LogP contribution in [0, 0.1) is 6.92 Å². The SMILES string of the molecule is CCCOC(=O)C(C)n1cnc2sc(C)c(-c3ccccc3)c2c1=O. The van der Waals surface area contributed by atoms with Crippen LogP contribution in [0.3, 0.4) is 0 Å². The van der Waals surface area contributed by atoms with Gasteiger partial charge in [-0.2, -0.15) is 0 Å². The fraction of sp³-hybridized carbons (Fsp3) is 0.316. The lowest BCUT2D eigenvalue weighted by Crippen LogP contribution is -2.29. The summed E-state index contributed by atoms with van der Waals surface area (Å²) < 4.78 is 6.53. The van der Waals surface area contributed by atoms with Crippen LogP contribution in [0.15, 0.2) is 41.5 Å². The normalized spacial score (nSPS) is 12.3. The summed E-state index contributed by atoms with van der Waals surface area (Å²) >= 11 is 1.49. The number of hydrogen-bond donors (Lipinski definition) is 0. The summed E-state index contributed by atoms with van der Waals surface area (Å²) in [5, 5.41) is 0.561. The Kier molecular flexibility index (Phi) is 4.99. The smallest absolute Gasteiger partial charge is 0.328 e. The van der Waals surface area contributed by atoms with Gasteiger partial charge in [0.25, 0.3) is 5.56 Å². The number of ether oxygens (including phenoxy) is 1. The van der Waals surface area contributed by atoms with Gasteiger partial charge in [-0.25, -0.2) is 9.78 Å². The number of hydrogen-bond acceptors (Lipinski definition) is 5. The van der Waals surface area contributed by atoms with Crippen molar-refractivity contribution in [1.29, 1.82) is 0 Å². The van der Waals surface area contributed by atoms with Crippen molar-refractivity contribution in [3.63, 3.8) is 0 Å². The number of rotatable bonds is 5. The minimum atomic E-state index is -0.709. The van der Waals surface area contributed by atoms with Crippen LogP contribution in [0.25, 0.3) is 21.3 Å². The fourth-order valence-corrected chi connectivity index (χ4v) is 3.78. The molecule has 0 aliphatic rings. The summed E-state index contributed by atoms with van der Waals surface area (Å²) in [6, 6.07) is 9.07. The van der Waals surface area contributed by atoms with E-state index in [1.54, 1.807) is 6.92 Å². The number of nitrogens with zero attached hydrogens (tertiary/aromatic N) is 2. The Balaban J connectivity index is 2.14. The lowest BCUT2D eigenvalue weighted by Gasteiger charge is -2.14. The Morgan fingerprint density at radius 3 is 2.72 bits per heavy atom. The molecule has 1 aromatic carbocycles. The maximum Gasteiger partial charge on any atom is 0.328 e. The molecular formula is C19H20N2O3S. The van der Waals surface area contributed by atoms with Crippen LogP contribution < -0.4 is 5.56 Å². The lowest BCUT2D eigenvalue weighted by molar-refractivity contribution is -0.147. The van der Waals surface area contributed by atoms with Crippen molar-refractivity contribution in [3.05, 3.63) is 51.9 Å². The Hall–Kier alpha value is -2.47. The molecule has 2 aromatic heterocycles. The van der Waals surface area contributed by atoms with E-state index >= 15 is 0 Å². The third kappa shape index (κ3) is 3.22. The Labute approximate surface area is 149 Å². The third-order valence-electron chi connectivity index (χ3n) is 4.08. The molecule has 1 unspecified atom stereocenters. The van der Waals surface area contributed by atoms with Gasteiger partial charge in [-0.05, 0) is 25.8 Å². The van der Waals surface area contributed by atoms with Crippen molar-refractivity contribution in [3.8, 4) is 11.1 Å². The van der Waals surface area contributed by atoms with E-state index < -0.39 is 12.0 Å². The van der Waals surface area contributed by atoms with Gasteiger partial charge >= 0.3 is 5.97 Å². The van der Waals surface area contributed by atoms with E-state index in [0.29, 0.717) is 16.8 Å². The van der Waals surface area contributed by atoms with Gasteiger partial charge in [0.2, 0.25) is 0 Å². The molecule has 6 heteroatoms. The molecule has 0 aliphatic carbocycles. The average molecular weight is 356 g/mol. The molecule has 0 saturated carbocycles. The van der Waals surface area contributed by atoms with Crippen LogP contribution in [-0.2, 0) is 9.53 Å². The highest BCUT2D eigenvalue weighted by Gasteiger charge is 2.22. The van der Waals surface area contributed by atoms with Gasteiger partial charge in [0.1, 0.15) is 10.9 Å². The van der Waals surface area contributed by atoms with E-state index in [9.17, 15) is 9.59 Å². The van der Waals surface area contributed by atoms with E-state index in [0.717, 1.165) is 22.4 Å². The van der Waals surface area contributed by atoms with Crippen LogP contribution >= 0.6 is 11.3 Å². The van der Waals surface area contributed by atoms with Gasteiger partial charge in [-0.15, -0.1) is 11.3 Å². The quantitative estimate of drug-likeness (QED) is 0.650. The molecule has 3 rings (SSSR count). The summed E-state index contributed by atoms with van der Waals surface area (Å²) in [6.45, 7) is 5.92. The van der Waals surface area contributed by atoms with Crippen LogP contribution in [0.1, 0.15) is 31.2 Å². The Bertz CT molecular complexity index is 960. The molecule has 3 aromatic rings. The molecule has 130 valence electrons. The molecule has 0 aliphatic heterocycles. The Morgan fingerprint density at radius 1 is 1.32 bits per heavy atom. The molecule has 0 fully saturated rings. The number of thiophene rings is 1. The molecule has 0 bridgehead atoms. The van der Waals surface area contributed by atoms with E-state index in [1.807, 2.05) is 44.2 Å². The maximum absolute atomic E-state index is 13.1. The van der Waals surface area contributed by atoms with Crippen molar-refractivity contribution in [2.75, 3.05) is 6.61 Å². The second kappa shape index (κ2) is 7.19. The van der Waals surface area contributed by atoms with Gasteiger partial charge < -0.3 is 4.74 Å². The standard InChI is InChI=1S/C19H20N2O3S/c1-4-10-24-19(23)12(2)21-11-20-17-16(18(21)22)15(13(3)25-17)14-8-6-5-7-9-14/h5-9,11-12H,4,10H2,1-3H3. The van der Waals surface area contributed by atoms with E-state index in [-0.39, 0.29) is 5.56 Å². The number of carbonyl (C=O) groups is 1. The second-order valence-electron chi connectivity index (χ2n) is 5.88. The highest BCUT2D eigenvalue weighted by molar-refractivity contribution is 7.19. The van der Waals surface area contributed by atoms with Gasteiger partial charge in [0.05, 0.1) is 18.3 Å². The lowest BCUT2D eigenvalue weighted by atomic mass is 10.0. The first-order valence-corrected chi connectivity index (χ1v) is 9.08. The zero-order chi connectivity index (χ0) is 18.0. The number of aromatic nitrogens is 2. The highest BCUT2D eigenvalue weighted by Crippen LogP contribution is 2.35. The highest BCUT2D eigenvalue weighted by atomic mass is 32.1. The minimum Gasteiger partial charge on any atom is -0.464 e. The van der Waals surface area contributed by atoms with Gasteiger partial charge in [-0.1, -0.05) is 37.3 Å². The van der Waals surface area contributed by atoms with Crippen LogP contribution in [0.4, 0.5) is 0 Å². The van der Waals surface area contributed by atoms with Crippen molar-refractivity contribution in [2.24, 2.45) is 0 Å². The predicted octanol–water partition coefficient (Wildman–Crippen LogP) is 3.95. The molecular weight excluding hydrogens is 336 g/mol. The van der Waals surface area contributed by atoms with Crippen molar-refractivity contribution < 1.29 is 9.53 Å². The topological polar surface area (TPSA) is 61.2 Å². The summed E-state index contributed by atoms with van der Waals surface area (Å²) in [6.07, 6.45) is 2.18. The van der Waals surface area contributed by atoms with Crippen molar-refractivity contribution >= 4 is 27.5 Å². The average Bonchev–Trinajstić information content (AvgIpc) is 2.97. The first-order valence-electron chi connectivity index (χ1n) is 8.26. The molecule has 0 radical (unpaired) electrons. The first-order chi connectivity index (χ1) is 12.0. The van der Waals surface area contributed by atoms with Gasteiger partial charge in [0.15, 0.2) is 0 Å². The molecule has 25 heavy (non-hydrogen) atoms. The van der Waals surface area contributed by atoms with Crippen LogP contribution in [0.2, 0.25) is 0 Å². The third-order valence-corrected chi connectivity index (χ3v) is 5.10. The number of carbonyl (C=O) groups excluding carboxylic acids is 1.